The average Bonchev–Trinajstić information content (AvgIpc) is 2.40. The zero-order chi connectivity index (χ0) is 14.2. The molecule has 1 aliphatic rings. The molecule has 1 aromatic heterocycles. The fourth-order valence-corrected chi connectivity index (χ4v) is 2.76. The van der Waals surface area contributed by atoms with Gasteiger partial charge in [-0.15, -0.1) is 0 Å². The van der Waals surface area contributed by atoms with Gasteiger partial charge in [0.25, 0.3) is 0 Å². The summed E-state index contributed by atoms with van der Waals surface area (Å²) in [5, 5.41) is 3.62. The molecule has 0 radical (unpaired) electrons. The zero-order valence-electron chi connectivity index (χ0n) is 12.2. The van der Waals surface area contributed by atoms with Gasteiger partial charge in [-0.05, 0) is 39.0 Å². The van der Waals surface area contributed by atoms with E-state index in [4.69, 9.17) is 4.74 Å². The van der Waals surface area contributed by atoms with Crippen LogP contribution in [0.4, 0.5) is 5.69 Å². The molecule has 0 saturated heterocycles. The third-order valence-corrected chi connectivity index (χ3v) is 3.71. The van der Waals surface area contributed by atoms with E-state index >= 15 is 0 Å². The average molecular weight is 268 g/mol. The van der Waals surface area contributed by atoms with E-state index < -0.39 is 0 Å². The summed E-state index contributed by atoms with van der Waals surface area (Å²) in [6.45, 7) is 6.29. The number of aryl methyl sites for hydroxylation is 1. The molecule has 3 nitrogen and oxygen atoms in total. The maximum absolute atomic E-state index is 6.06. The highest BCUT2D eigenvalue weighted by atomic mass is 16.5. The lowest BCUT2D eigenvalue weighted by Crippen LogP contribution is -2.37. The number of ether oxygens (including phenoxy) is 1. The van der Waals surface area contributed by atoms with E-state index in [0.29, 0.717) is 0 Å². The van der Waals surface area contributed by atoms with Crippen molar-refractivity contribution in [3.63, 3.8) is 0 Å². The van der Waals surface area contributed by atoms with Gasteiger partial charge in [0, 0.05) is 18.2 Å². The smallest absolute Gasteiger partial charge is 0.125 e. The van der Waals surface area contributed by atoms with Gasteiger partial charge in [-0.1, -0.05) is 18.2 Å². The van der Waals surface area contributed by atoms with Crippen molar-refractivity contribution in [1.82, 2.24) is 4.98 Å². The summed E-state index contributed by atoms with van der Waals surface area (Å²) in [5.74, 6) is 0.975. The molecule has 3 heteroatoms. The Hall–Kier alpha value is -2.03. The normalized spacial score (nSPS) is 19.9. The number of nitrogens with zero attached hydrogens (tertiary/aromatic N) is 1. The van der Waals surface area contributed by atoms with Crippen molar-refractivity contribution in [2.75, 3.05) is 5.32 Å². The SMILES string of the molecule is Cc1ncccc1NC1CC(C)(C)Oc2ccccc21. The Balaban J connectivity index is 1.95. The Morgan fingerprint density at radius 2 is 2.00 bits per heavy atom. The quantitative estimate of drug-likeness (QED) is 0.890. The highest BCUT2D eigenvalue weighted by Gasteiger charge is 2.33. The molecule has 104 valence electrons. The molecule has 2 heterocycles. The van der Waals surface area contributed by atoms with Crippen LogP contribution in [0.1, 0.15) is 37.6 Å². The second-order valence-corrected chi connectivity index (χ2v) is 5.94. The molecule has 0 fully saturated rings. The molecule has 1 atom stereocenters. The lowest BCUT2D eigenvalue weighted by molar-refractivity contribution is 0.0759. The number of hydrogen-bond donors (Lipinski definition) is 1. The Morgan fingerprint density at radius 1 is 1.20 bits per heavy atom. The predicted molar refractivity (Wildman–Crippen MR) is 81.1 cm³/mol. The summed E-state index contributed by atoms with van der Waals surface area (Å²) >= 11 is 0. The van der Waals surface area contributed by atoms with Gasteiger partial charge in [0.2, 0.25) is 0 Å². The van der Waals surface area contributed by atoms with Gasteiger partial charge < -0.3 is 10.1 Å². The Bertz CT molecular complexity index is 622. The zero-order valence-corrected chi connectivity index (χ0v) is 12.2. The first-order chi connectivity index (χ1) is 9.55. The number of pyridine rings is 1. The van der Waals surface area contributed by atoms with E-state index in [1.54, 1.807) is 0 Å². The van der Waals surface area contributed by atoms with Crippen molar-refractivity contribution >= 4 is 5.69 Å². The van der Waals surface area contributed by atoms with Crippen LogP contribution in [0.15, 0.2) is 42.6 Å². The van der Waals surface area contributed by atoms with Gasteiger partial charge in [-0.2, -0.15) is 0 Å². The van der Waals surface area contributed by atoms with E-state index in [2.05, 4.69) is 42.3 Å². The third kappa shape index (κ3) is 2.48. The highest BCUT2D eigenvalue weighted by molar-refractivity contribution is 5.51. The number of benzene rings is 1. The van der Waals surface area contributed by atoms with E-state index in [-0.39, 0.29) is 11.6 Å². The minimum Gasteiger partial charge on any atom is -0.487 e. The molecule has 0 spiro atoms. The van der Waals surface area contributed by atoms with Crippen molar-refractivity contribution in [2.45, 2.75) is 38.8 Å². The lowest BCUT2D eigenvalue weighted by atomic mass is 9.89. The Kier molecular flexibility index (Phi) is 3.13. The molecule has 1 unspecified atom stereocenters. The van der Waals surface area contributed by atoms with Crippen LogP contribution in [0.3, 0.4) is 0 Å². The summed E-state index contributed by atoms with van der Waals surface area (Å²) in [6.07, 6.45) is 2.75. The minimum atomic E-state index is -0.165. The fraction of sp³-hybridized carbons (Fsp3) is 0.353. The first-order valence-corrected chi connectivity index (χ1v) is 7.01. The van der Waals surface area contributed by atoms with Crippen molar-refractivity contribution in [3.05, 3.63) is 53.9 Å². The monoisotopic (exact) mass is 268 g/mol. The van der Waals surface area contributed by atoms with Gasteiger partial charge in [0.05, 0.1) is 17.4 Å². The first kappa shape index (κ1) is 13.0. The second-order valence-electron chi connectivity index (χ2n) is 5.94. The standard InChI is InChI=1S/C17H20N2O/c1-12-14(8-6-10-18-12)19-15-11-17(2,3)20-16-9-5-4-7-13(15)16/h4-10,15,19H,11H2,1-3H3. The molecule has 1 N–H and O–H groups in total. The number of anilines is 1. The number of nitrogens with one attached hydrogen (secondary N) is 1. The predicted octanol–water partition coefficient (Wildman–Crippen LogP) is 4.10. The molecule has 0 aliphatic carbocycles. The van der Waals surface area contributed by atoms with Crippen LogP contribution >= 0.6 is 0 Å². The lowest BCUT2D eigenvalue weighted by Gasteiger charge is -2.38. The van der Waals surface area contributed by atoms with Crippen LogP contribution in [0.2, 0.25) is 0 Å². The van der Waals surface area contributed by atoms with Gasteiger partial charge in [0.15, 0.2) is 0 Å². The van der Waals surface area contributed by atoms with Crippen LogP contribution in [-0.2, 0) is 0 Å². The molecule has 0 amide bonds. The van der Waals surface area contributed by atoms with E-state index in [1.165, 1.54) is 5.56 Å². The Morgan fingerprint density at radius 3 is 2.80 bits per heavy atom. The largest absolute Gasteiger partial charge is 0.487 e. The van der Waals surface area contributed by atoms with E-state index in [0.717, 1.165) is 23.6 Å². The van der Waals surface area contributed by atoms with Gasteiger partial charge >= 0.3 is 0 Å². The highest BCUT2D eigenvalue weighted by Crippen LogP contribution is 2.41. The number of hydrogen-bond acceptors (Lipinski definition) is 3. The summed E-state index contributed by atoms with van der Waals surface area (Å²) in [5.41, 5.74) is 3.16. The van der Waals surface area contributed by atoms with Gasteiger partial charge in [-0.25, -0.2) is 0 Å². The van der Waals surface area contributed by atoms with Crippen LogP contribution in [0, 0.1) is 6.92 Å². The summed E-state index contributed by atoms with van der Waals surface area (Å²) in [7, 11) is 0. The van der Waals surface area contributed by atoms with Crippen molar-refractivity contribution in [2.24, 2.45) is 0 Å². The summed E-state index contributed by atoms with van der Waals surface area (Å²) in [4.78, 5) is 4.34. The van der Waals surface area contributed by atoms with Crippen LogP contribution in [0.5, 0.6) is 5.75 Å². The summed E-state index contributed by atoms with van der Waals surface area (Å²) < 4.78 is 6.06. The minimum absolute atomic E-state index is 0.165. The molecule has 2 aromatic rings. The Labute approximate surface area is 120 Å². The maximum atomic E-state index is 6.06. The molecule has 1 aromatic carbocycles. The van der Waals surface area contributed by atoms with Crippen molar-refractivity contribution in [3.8, 4) is 5.75 Å². The molecule has 0 bridgehead atoms. The molecular formula is C17H20N2O. The molecule has 20 heavy (non-hydrogen) atoms. The van der Waals surface area contributed by atoms with Crippen LogP contribution < -0.4 is 10.1 Å². The van der Waals surface area contributed by atoms with E-state index in [9.17, 15) is 0 Å². The third-order valence-electron chi connectivity index (χ3n) is 3.71. The van der Waals surface area contributed by atoms with Gasteiger partial charge in [0.1, 0.15) is 11.4 Å². The van der Waals surface area contributed by atoms with E-state index in [1.807, 2.05) is 31.3 Å². The second kappa shape index (κ2) is 4.82. The van der Waals surface area contributed by atoms with Gasteiger partial charge in [-0.3, -0.25) is 4.98 Å². The number of para-hydroxylation sites is 1. The molecule has 0 saturated carbocycles. The molecule has 1 aliphatic heterocycles. The molecular weight excluding hydrogens is 248 g/mol. The van der Waals surface area contributed by atoms with Crippen molar-refractivity contribution in [1.29, 1.82) is 0 Å². The van der Waals surface area contributed by atoms with Crippen LogP contribution in [0.25, 0.3) is 0 Å². The van der Waals surface area contributed by atoms with Crippen LogP contribution in [-0.4, -0.2) is 10.6 Å². The van der Waals surface area contributed by atoms with Crippen molar-refractivity contribution < 1.29 is 4.74 Å². The topological polar surface area (TPSA) is 34.2 Å². The first-order valence-electron chi connectivity index (χ1n) is 7.01. The fourth-order valence-electron chi connectivity index (χ4n) is 2.76. The number of fused-ring (bicyclic) bond motifs is 1. The number of aromatic nitrogens is 1. The number of rotatable bonds is 2. The maximum Gasteiger partial charge on any atom is 0.125 e. The summed E-state index contributed by atoms with van der Waals surface area (Å²) in [6, 6.07) is 12.5. The molecule has 3 rings (SSSR count).